The lowest BCUT2D eigenvalue weighted by atomic mass is 9.95. The number of carbonyl (C=O) groups is 1. The van der Waals surface area contributed by atoms with Gasteiger partial charge in [0.1, 0.15) is 0 Å². The largest absolute Gasteiger partial charge is 0.390 e. The summed E-state index contributed by atoms with van der Waals surface area (Å²) in [5.74, 6) is -0.209. The van der Waals surface area contributed by atoms with Gasteiger partial charge in [-0.15, -0.1) is 0 Å². The van der Waals surface area contributed by atoms with Gasteiger partial charge in [0.15, 0.2) is 0 Å². The van der Waals surface area contributed by atoms with E-state index in [1.54, 1.807) is 0 Å². The summed E-state index contributed by atoms with van der Waals surface area (Å²) in [7, 11) is 0. The van der Waals surface area contributed by atoms with Gasteiger partial charge in [-0.3, -0.25) is 4.79 Å². The summed E-state index contributed by atoms with van der Waals surface area (Å²) in [5.41, 5.74) is 0. The van der Waals surface area contributed by atoms with Crippen LogP contribution in [0.3, 0.4) is 0 Å². The predicted octanol–water partition coefficient (Wildman–Crippen LogP) is 1.98. The Kier molecular flexibility index (Phi) is 5.74. The molecule has 0 bridgehead atoms. The molecule has 2 N–H and O–H groups in total. The van der Waals surface area contributed by atoms with Crippen LogP contribution in [0.5, 0.6) is 0 Å². The van der Waals surface area contributed by atoms with Crippen molar-refractivity contribution < 1.29 is 18.0 Å². The van der Waals surface area contributed by atoms with Gasteiger partial charge in [-0.2, -0.15) is 13.2 Å². The molecule has 1 aliphatic carbocycles. The Balaban J connectivity index is 2.04. The molecule has 0 unspecified atom stereocenters. The van der Waals surface area contributed by atoms with Crippen LogP contribution in [-0.2, 0) is 4.79 Å². The monoisotopic (exact) mass is 252 g/mol. The van der Waals surface area contributed by atoms with Gasteiger partial charge >= 0.3 is 6.18 Å². The van der Waals surface area contributed by atoms with E-state index in [1.165, 1.54) is 6.42 Å². The molecule has 3 nitrogen and oxygen atoms in total. The first-order valence-corrected chi connectivity index (χ1v) is 6.04. The van der Waals surface area contributed by atoms with E-state index in [0.717, 1.165) is 25.7 Å². The molecule has 1 amide bonds. The second-order valence-electron chi connectivity index (χ2n) is 4.44. The molecule has 0 aromatic rings. The van der Waals surface area contributed by atoms with Crippen LogP contribution in [0.1, 0.15) is 38.5 Å². The molecule has 0 aromatic carbocycles. The molecule has 0 spiro atoms. The van der Waals surface area contributed by atoms with Gasteiger partial charge in [-0.25, -0.2) is 0 Å². The molecular formula is C11H19F3N2O. The summed E-state index contributed by atoms with van der Waals surface area (Å²) < 4.78 is 35.4. The number of rotatable bonds is 5. The van der Waals surface area contributed by atoms with Gasteiger partial charge in [0, 0.05) is 12.6 Å². The highest BCUT2D eigenvalue weighted by molar-refractivity contribution is 5.78. The van der Waals surface area contributed by atoms with Crippen molar-refractivity contribution in [2.45, 2.75) is 50.7 Å². The van der Waals surface area contributed by atoms with Crippen LogP contribution in [0, 0.1) is 0 Å². The normalized spacial score (nSPS) is 18.1. The molecule has 100 valence electrons. The maximum absolute atomic E-state index is 11.8. The molecule has 1 rings (SSSR count). The average Bonchev–Trinajstić information content (AvgIpc) is 2.25. The lowest BCUT2D eigenvalue weighted by Gasteiger charge is -2.22. The van der Waals surface area contributed by atoms with Crippen molar-refractivity contribution in [2.24, 2.45) is 0 Å². The second kappa shape index (κ2) is 6.83. The lowest BCUT2D eigenvalue weighted by Crippen LogP contribution is -2.41. The zero-order valence-corrected chi connectivity index (χ0v) is 9.78. The maximum Gasteiger partial charge on any atom is 0.390 e. The number of hydrogen-bond donors (Lipinski definition) is 2. The second-order valence-corrected chi connectivity index (χ2v) is 4.44. The Morgan fingerprint density at radius 2 is 1.82 bits per heavy atom. The summed E-state index contributed by atoms with van der Waals surface area (Å²) in [5, 5.41) is 5.33. The zero-order valence-electron chi connectivity index (χ0n) is 9.78. The van der Waals surface area contributed by atoms with Gasteiger partial charge in [0.2, 0.25) is 5.91 Å². The van der Waals surface area contributed by atoms with E-state index in [0.29, 0.717) is 0 Å². The molecule has 0 atom stereocenters. The van der Waals surface area contributed by atoms with E-state index in [2.05, 4.69) is 10.6 Å². The topological polar surface area (TPSA) is 41.1 Å². The molecule has 1 saturated carbocycles. The number of carbonyl (C=O) groups excluding carboxylic acids is 1. The van der Waals surface area contributed by atoms with Crippen LogP contribution in [0.25, 0.3) is 0 Å². The quantitative estimate of drug-likeness (QED) is 0.735. The van der Waals surface area contributed by atoms with Crippen LogP contribution < -0.4 is 10.6 Å². The average molecular weight is 252 g/mol. The predicted molar refractivity (Wildman–Crippen MR) is 58.6 cm³/mol. The van der Waals surface area contributed by atoms with E-state index in [1.807, 2.05) is 0 Å². The summed E-state index contributed by atoms with van der Waals surface area (Å²) in [6.07, 6.45) is 0.342. The van der Waals surface area contributed by atoms with Crippen molar-refractivity contribution in [3.63, 3.8) is 0 Å². The SMILES string of the molecule is O=C(CNCCC(F)(F)F)NC1CCCCC1. The minimum atomic E-state index is -4.16. The molecule has 0 aliphatic heterocycles. The molecule has 0 heterocycles. The third-order valence-corrected chi connectivity index (χ3v) is 2.84. The Bertz CT molecular complexity index is 237. The zero-order chi connectivity index (χ0) is 12.7. The number of halogens is 3. The first kappa shape index (κ1) is 14.3. The minimum absolute atomic E-state index is 0.0351. The molecule has 0 saturated heterocycles. The maximum atomic E-state index is 11.8. The number of amides is 1. The third kappa shape index (κ3) is 7.20. The number of nitrogens with one attached hydrogen (secondary N) is 2. The van der Waals surface area contributed by atoms with Gasteiger partial charge in [-0.1, -0.05) is 19.3 Å². The molecule has 6 heteroatoms. The summed E-state index contributed by atoms with van der Waals surface area (Å²) in [6.45, 7) is -0.242. The van der Waals surface area contributed by atoms with E-state index in [4.69, 9.17) is 0 Å². The van der Waals surface area contributed by atoms with Crippen LogP contribution in [0.4, 0.5) is 13.2 Å². The standard InChI is InChI=1S/C11H19F3N2O/c12-11(13,14)6-7-15-8-10(17)16-9-4-2-1-3-5-9/h9,15H,1-8H2,(H,16,17). The first-order chi connectivity index (χ1) is 7.97. The highest BCUT2D eigenvalue weighted by Crippen LogP contribution is 2.18. The van der Waals surface area contributed by atoms with Crippen molar-refractivity contribution in [2.75, 3.05) is 13.1 Å². The molecule has 1 fully saturated rings. The summed E-state index contributed by atoms with van der Waals surface area (Å²) in [4.78, 5) is 11.4. The van der Waals surface area contributed by atoms with Crippen molar-refractivity contribution in [1.29, 1.82) is 0 Å². The van der Waals surface area contributed by atoms with Gasteiger partial charge < -0.3 is 10.6 Å². The summed E-state index contributed by atoms with van der Waals surface area (Å²) in [6, 6.07) is 0.209. The fourth-order valence-electron chi connectivity index (χ4n) is 1.96. The highest BCUT2D eigenvalue weighted by atomic mass is 19.4. The molecule has 0 radical (unpaired) electrons. The Morgan fingerprint density at radius 3 is 2.41 bits per heavy atom. The Labute approximate surface area is 99.1 Å². The summed E-state index contributed by atoms with van der Waals surface area (Å²) >= 11 is 0. The first-order valence-electron chi connectivity index (χ1n) is 6.04. The van der Waals surface area contributed by atoms with E-state index in [9.17, 15) is 18.0 Å². The molecule has 17 heavy (non-hydrogen) atoms. The fourth-order valence-corrected chi connectivity index (χ4v) is 1.96. The van der Waals surface area contributed by atoms with Crippen LogP contribution >= 0.6 is 0 Å². The van der Waals surface area contributed by atoms with E-state index in [-0.39, 0.29) is 25.0 Å². The molecular weight excluding hydrogens is 233 g/mol. The van der Waals surface area contributed by atoms with Gasteiger partial charge in [-0.05, 0) is 12.8 Å². The highest BCUT2D eigenvalue weighted by Gasteiger charge is 2.26. The number of hydrogen-bond acceptors (Lipinski definition) is 2. The Hall–Kier alpha value is -0.780. The van der Waals surface area contributed by atoms with Crippen LogP contribution in [0.2, 0.25) is 0 Å². The Morgan fingerprint density at radius 1 is 1.18 bits per heavy atom. The van der Waals surface area contributed by atoms with Gasteiger partial charge in [0.05, 0.1) is 13.0 Å². The van der Waals surface area contributed by atoms with Crippen molar-refractivity contribution >= 4 is 5.91 Å². The fraction of sp³-hybridized carbons (Fsp3) is 0.909. The van der Waals surface area contributed by atoms with Crippen LogP contribution in [-0.4, -0.2) is 31.2 Å². The van der Waals surface area contributed by atoms with E-state index < -0.39 is 12.6 Å². The van der Waals surface area contributed by atoms with Crippen molar-refractivity contribution in [3.05, 3.63) is 0 Å². The third-order valence-electron chi connectivity index (χ3n) is 2.84. The van der Waals surface area contributed by atoms with Crippen molar-refractivity contribution in [1.82, 2.24) is 10.6 Å². The lowest BCUT2D eigenvalue weighted by molar-refractivity contribution is -0.134. The smallest absolute Gasteiger partial charge is 0.352 e. The van der Waals surface area contributed by atoms with Crippen molar-refractivity contribution in [3.8, 4) is 0 Å². The number of alkyl halides is 3. The van der Waals surface area contributed by atoms with E-state index >= 15 is 0 Å². The van der Waals surface area contributed by atoms with Crippen LogP contribution in [0.15, 0.2) is 0 Å². The minimum Gasteiger partial charge on any atom is -0.352 e. The molecule has 1 aliphatic rings. The van der Waals surface area contributed by atoms with Gasteiger partial charge in [0.25, 0.3) is 0 Å². The molecule has 0 aromatic heterocycles.